The minimum Gasteiger partial charge on any atom is -0.398 e. The van der Waals surface area contributed by atoms with E-state index in [-0.39, 0.29) is 10.5 Å². The molecular weight excluding hydrogens is 302 g/mol. The number of halogens is 5. The van der Waals surface area contributed by atoms with E-state index < -0.39 is 28.5 Å². The van der Waals surface area contributed by atoms with Crippen LogP contribution >= 0.6 is 15.9 Å². The molecule has 88 valence electrons. The molecule has 0 radical (unpaired) electrons. The highest BCUT2D eigenvalue weighted by Crippen LogP contribution is 2.35. The van der Waals surface area contributed by atoms with E-state index in [9.17, 15) is 27.7 Å². The standard InChI is InChI=1S/C7H2BrF4NO3/c8-3-1-5(13(14)15)6(2-4(3)9)16-7(10,11)12/h1-2H. The van der Waals surface area contributed by atoms with E-state index in [0.717, 1.165) is 0 Å². The van der Waals surface area contributed by atoms with Crippen LogP contribution in [0.2, 0.25) is 0 Å². The molecule has 0 heterocycles. The smallest absolute Gasteiger partial charge is 0.398 e. The van der Waals surface area contributed by atoms with Gasteiger partial charge in [0.2, 0.25) is 5.75 Å². The summed E-state index contributed by atoms with van der Waals surface area (Å²) in [5.41, 5.74) is -0.981. The fourth-order valence-corrected chi connectivity index (χ4v) is 1.20. The second kappa shape index (κ2) is 4.24. The highest BCUT2D eigenvalue weighted by atomic mass is 79.9. The molecule has 1 aromatic carbocycles. The van der Waals surface area contributed by atoms with E-state index in [1.54, 1.807) is 0 Å². The molecule has 0 saturated carbocycles. The third kappa shape index (κ3) is 3.05. The predicted octanol–water partition coefficient (Wildman–Crippen LogP) is 3.39. The number of nitrogens with zero attached hydrogens (tertiary/aromatic N) is 1. The fourth-order valence-electron chi connectivity index (χ4n) is 0.867. The minimum absolute atomic E-state index is 0.287. The lowest BCUT2D eigenvalue weighted by atomic mass is 10.3. The first-order chi connectivity index (χ1) is 7.20. The largest absolute Gasteiger partial charge is 0.573 e. The third-order valence-electron chi connectivity index (χ3n) is 1.42. The molecule has 0 aliphatic carbocycles. The molecule has 0 unspecified atom stereocenters. The van der Waals surface area contributed by atoms with E-state index in [1.807, 2.05) is 0 Å². The molecule has 0 spiro atoms. The fraction of sp³-hybridized carbons (Fsp3) is 0.143. The molecule has 9 heteroatoms. The first-order valence-electron chi connectivity index (χ1n) is 3.60. The summed E-state index contributed by atoms with van der Waals surface area (Å²) in [5.74, 6) is -2.29. The van der Waals surface area contributed by atoms with E-state index in [0.29, 0.717) is 6.07 Å². The monoisotopic (exact) mass is 303 g/mol. The Labute approximate surface area is 94.1 Å². The van der Waals surface area contributed by atoms with Gasteiger partial charge in [-0.3, -0.25) is 10.1 Å². The zero-order valence-corrected chi connectivity index (χ0v) is 8.80. The second-order valence-corrected chi connectivity index (χ2v) is 3.39. The maximum absolute atomic E-state index is 12.9. The molecule has 4 nitrogen and oxygen atoms in total. The lowest BCUT2D eigenvalue weighted by Gasteiger charge is -2.09. The van der Waals surface area contributed by atoms with Crippen molar-refractivity contribution in [3.05, 3.63) is 32.5 Å². The number of hydrogen-bond donors (Lipinski definition) is 0. The van der Waals surface area contributed by atoms with Crippen LogP contribution in [0.25, 0.3) is 0 Å². The number of nitro groups is 1. The van der Waals surface area contributed by atoms with Gasteiger partial charge in [-0.05, 0) is 15.9 Å². The highest BCUT2D eigenvalue weighted by Gasteiger charge is 2.35. The highest BCUT2D eigenvalue weighted by molar-refractivity contribution is 9.10. The molecule has 0 amide bonds. The molecule has 1 aromatic rings. The number of nitro benzene ring substituents is 1. The van der Waals surface area contributed by atoms with Gasteiger partial charge in [0.25, 0.3) is 0 Å². The van der Waals surface area contributed by atoms with Crippen molar-refractivity contribution >= 4 is 21.6 Å². The van der Waals surface area contributed by atoms with Crippen LogP contribution in [0, 0.1) is 15.9 Å². The van der Waals surface area contributed by atoms with Crippen LogP contribution in [0.4, 0.5) is 23.2 Å². The summed E-state index contributed by atoms with van der Waals surface area (Å²) in [7, 11) is 0. The Morgan fingerprint density at radius 1 is 1.38 bits per heavy atom. The topological polar surface area (TPSA) is 52.4 Å². The van der Waals surface area contributed by atoms with E-state index in [1.165, 1.54) is 0 Å². The lowest BCUT2D eigenvalue weighted by Crippen LogP contribution is -2.18. The van der Waals surface area contributed by atoms with Crippen LogP contribution in [0.1, 0.15) is 0 Å². The molecule has 16 heavy (non-hydrogen) atoms. The van der Waals surface area contributed by atoms with Gasteiger partial charge in [-0.2, -0.15) is 0 Å². The molecular formula is C7H2BrF4NO3. The zero-order valence-electron chi connectivity index (χ0n) is 7.22. The second-order valence-electron chi connectivity index (χ2n) is 2.54. The maximum atomic E-state index is 12.9. The van der Waals surface area contributed by atoms with Crippen molar-refractivity contribution in [1.82, 2.24) is 0 Å². The van der Waals surface area contributed by atoms with Crippen LogP contribution in [0.3, 0.4) is 0 Å². The van der Waals surface area contributed by atoms with Crippen LogP contribution in [0.15, 0.2) is 16.6 Å². The average molecular weight is 304 g/mol. The summed E-state index contributed by atoms with van der Waals surface area (Å²) >= 11 is 2.61. The summed E-state index contributed by atoms with van der Waals surface area (Å²) in [5, 5.41) is 10.4. The normalized spacial score (nSPS) is 11.3. The van der Waals surface area contributed by atoms with Gasteiger partial charge in [0.15, 0.2) is 0 Å². The molecule has 0 aromatic heterocycles. The van der Waals surface area contributed by atoms with Crippen molar-refractivity contribution in [2.45, 2.75) is 6.36 Å². The van der Waals surface area contributed by atoms with Crippen molar-refractivity contribution in [2.24, 2.45) is 0 Å². The Hall–Kier alpha value is -1.38. The van der Waals surface area contributed by atoms with Crippen molar-refractivity contribution in [3.63, 3.8) is 0 Å². The minimum atomic E-state index is -5.12. The van der Waals surface area contributed by atoms with E-state index >= 15 is 0 Å². The van der Waals surface area contributed by atoms with Crippen LogP contribution < -0.4 is 4.74 Å². The van der Waals surface area contributed by atoms with Crippen molar-refractivity contribution < 1.29 is 27.2 Å². The Morgan fingerprint density at radius 2 is 1.94 bits per heavy atom. The van der Waals surface area contributed by atoms with Gasteiger partial charge in [0, 0.05) is 12.1 Å². The summed E-state index contributed by atoms with van der Waals surface area (Å²) in [4.78, 5) is 9.28. The number of rotatable bonds is 2. The third-order valence-corrected chi connectivity index (χ3v) is 2.03. The number of alkyl halides is 3. The van der Waals surface area contributed by atoms with Gasteiger partial charge >= 0.3 is 12.0 Å². The van der Waals surface area contributed by atoms with Crippen LogP contribution in [-0.4, -0.2) is 11.3 Å². The van der Waals surface area contributed by atoms with E-state index in [4.69, 9.17) is 0 Å². The molecule has 0 aliphatic rings. The van der Waals surface area contributed by atoms with E-state index in [2.05, 4.69) is 20.7 Å². The predicted molar refractivity (Wildman–Crippen MR) is 47.4 cm³/mol. The number of hydrogen-bond acceptors (Lipinski definition) is 3. The first kappa shape index (κ1) is 12.7. The maximum Gasteiger partial charge on any atom is 0.573 e. The van der Waals surface area contributed by atoms with Gasteiger partial charge in [-0.15, -0.1) is 13.2 Å². The van der Waals surface area contributed by atoms with Gasteiger partial charge in [-0.25, -0.2) is 4.39 Å². The average Bonchev–Trinajstić information content (AvgIpc) is 2.07. The summed E-state index contributed by atoms with van der Waals surface area (Å²) in [6, 6.07) is 0.881. The van der Waals surface area contributed by atoms with Crippen molar-refractivity contribution in [1.29, 1.82) is 0 Å². The first-order valence-corrected chi connectivity index (χ1v) is 4.39. The Balaban J connectivity index is 3.25. The Kier molecular flexibility index (Phi) is 3.36. The number of ether oxygens (including phenoxy) is 1. The van der Waals surface area contributed by atoms with Gasteiger partial charge in [-0.1, -0.05) is 0 Å². The Bertz CT molecular complexity index is 434. The quantitative estimate of drug-likeness (QED) is 0.478. The molecule has 0 fully saturated rings. The number of benzene rings is 1. The SMILES string of the molecule is O=[N+]([O-])c1cc(Br)c(F)cc1OC(F)(F)F. The Morgan fingerprint density at radius 3 is 2.38 bits per heavy atom. The van der Waals surface area contributed by atoms with Crippen molar-refractivity contribution in [3.8, 4) is 5.75 Å². The molecule has 0 atom stereocenters. The summed E-state index contributed by atoms with van der Waals surface area (Å²) < 4.78 is 51.4. The zero-order chi connectivity index (χ0) is 12.5. The van der Waals surface area contributed by atoms with Crippen LogP contribution in [0.5, 0.6) is 5.75 Å². The lowest BCUT2D eigenvalue weighted by molar-refractivity contribution is -0.388. The summed E-state index contributed by atoms with van der Waals surface area (Å²) in [6.45, 7) is 0. The van der Waals surface area contributed by atoms with Crippen LogP contribution in [-0.2, 0) is 0 Å². The molecule has 1 rings (SSSR count). The van der Waals surface area contributed by atoms with Crippen molar-refractivity contribution in [2.75, 3.05) is 0 Å². The van der Waals surface area contributed by atoms with Gasteiger partial charge in [0.05, 0.1) is 9.40 Å². The molecule has 0 bridgehead atoms. The van der Waals surface area contributed by atoms with Gasteiger partial charge in [0.1, 0.15) is 5.82 Å². The molecule has 0 aliphatic heterocycles. The molecule has 0 N–H and O–H groups in total. The summed E-state index contributed by atoms with van der Waals surface area (Å²) in [6.07, 6.45) is -5.12. The van der Waals surface area contributed by atoms with Gasteiger partial charge < -0.3 is 4.74 Å². The molecule has 0 saturated heterocycles.